The van der Waals surface area contributed by atoms with Crippen molar-refractivity contribution in [2.45, 2.75) is 18.7 Å². The van der Waals surface area contributed by atoms with Crippen molar-refractivity contribution in [1.82, 2.24) is 4.90 Å². The molecule has 1 aliphatic heterocycles. The lowest BCUT2D eigenvalue weighted by molar-refractivity contribution is 0.0746. The molecule has 0 saturated carbocycles. The summed E-state index contributed by atoms with van der Waals surface area (Å²) < 4.78 is 27.2. The lowest BCUT2D eigenvalue weighted by atomic mass is 10.1. The maximum absolute atomic E-state index is 13.0. The highest BCUT2D eigenvalue weighted by molar-refractivity contribution is 7.92. The quantitative estimate of drug-likeness (QED) is 0.572. The number of hydrogen-bond donors (Lipinski definition) is 0. The van der Waals surface area contributed by atoms with Gasteiger partial charge in [0, 0.05) is 44.5 Å². The molecule has 7 heteroatoms. The topological polar surface area (TPSA) is 60.9 Å². The number of benzene rings is 3. The summed E-state index contributed by atoms with van der Waals surface area (Å²) in [6, 6.07) is 21.4. The molecule has 1 heterocycles. The summed E-state index contributed by atoms with van der Waals surface area (Å²) in [5.74, 6) is -0.0732. The zero-order chi connectivity index (χ0) is 23.6. The number of hydrogen-bond acceptors (Lipinski definition) is 4. The minimum Gasteiger partial charge on any atom is -0.368 e. The monoisotopic (exact) mass is 463 g/mol. The molecule has 0 unspecified atom stereocenters. The third kappa shape index (κ3) is 4.59. The van der Waals surface area contributed by atoms with Gasteiger partial charge < -0.3 is 9.80 Å². The lowest BCUT2D eigenvalue weighted by Gasteiger charge is -2.37. The van der Waals surface area contributed by atoms with Gasteiger partial charge in [0.05, 0.1) is 10.6 Å². The Bertz CT molecular complexity index is 1230. The van der Waals surface area contributed by atoms with Crippen LogP contribution in [0, 0.1) is 13.8 Å². The number of para-hydroxylation sites is 1. The van der Waals surface area contributed by atoms with Gasteiger partial charge in [0.15, 0.2) is 0 Å². The number of rotatable bonds is 5. The van der Waals surface area contributed by atoms with E-state index in [1.165, 1.54) is 40.3 Å². The van der Waals surface area contributed by atoms with Crippen LogP contribution in [0.5, 0.6) is 0 Å². The van der Waals surface area contributed by atoms with Gasteiger partial charge in [-0.05, 0) is 67.4 Å². The predicted octanol–water partition coefficient (Wildman–Crippen LogP) is 4.09. The fraction of sp³-hybridized carbons (Fsp3) is 0.269. The van der Waals surface area contributed by atoms with E-state index in [1.54, 1.807) is 36.4 Å². The zero-order valence-corrected chi connectivity index (χ0v) is 20.0. The number of carbonyl (C=O) groups is 1. The molecule has 1 saturated heterocycles. The van der Waals surface area contributed by atoms with Crippen LogP contribution in [-0.4, -0.2) is 52.5 Å². The Morgan fingerprint density at radius 1 is 0.818 bits per heavy atom. The van der Waals surface area contributed by atoms with E-state index in [4.69, 9.17) is 0 Å². The molecule has 6 nitrogen and oxygen atoms in total. The summed E-state index contributed by atoms with van der Waals surface area (Å²) in [6.45, 7) is 7.04. The molecule has 1 amide bonds. The van der Waals surface area contributed by atoms with Crippen molar-refractivity contribution in [3.63, 3.8) is 0 Å². The van der Waals surface area contributed by atoms with Crippen LogP contribution < -0.4 is 9.21 Å². The fourth-order valence-electron chi connectivity index (χ4n) is 4.12. The van der Waals surface area contributed by atoms with E-state index in [0.29, 0.717) is 24.3 Å². The van der Waals surface area contributed by atoms with E-state index in [-0.39, 0.29) is 10.8 Å². The molecule has 0 aliphatic carbocycles. The minimum absolute atomic E-state index is 0.0732. The molecule has 4 rings (SSSR count). The molecule has 0 aromatic heterocycles. The van der Waals surface area contributed by atoms with Gasteiger partial charge in [-0.15, -0.1) is 0 Å². The number of nitrogens with zero attached hydrogens (tertiary/aromatic N) is 3. The number of sulfonamides is 1. The SMILES string of the molecule is Cc1cccc(N2CCN(C(=O)c3ccc(S(=O)(=O)N(C)c4ccccc4)cc3)CC2)c1C. The van der Waals surface area contributed by atoms with Crippen LogP contribution in [0.1, 0.15) is 21.5 Å². The Labute approximate surface area is 196 Å². The standard InChI is InChI=1S/C26H29N3O3S/c1-20-8-7-11-25(21(20)2)28-16-18-29(19-17-28)26(30)22-12-14-24(15-13-22)33(31,32)27(3)23-9-5-4-6-10-23/h4-15H,16-19H2,1-3H3. The summed E-state index contributed by atoms with van der Waals surface area (Å²) in [4.78, 5) is 17.3. The molecule has 1 aliphatic rings. The van der Waals surface area contributed by atoms with E-state index in [2.05, 4.69) is 36.9 Å². The van der Waals surface area contributed by atoms with Crippen LogP contribution in [0.4, 0.5) is 11.4 Å². The molecule has 1 fully saturated rings. The molecule has 33 heavy (non-hydrogen) atoms. The second-order valence-corrected chi connectivity index (χ2v) is 10.3. The molecular formula is C26H29N3O3S. The zero-order valence-electron chi connectivity index (χ0n) is 19.2. The molecule has 0 atom stereocenters. The maximum Gasteiger partial charge on any atom is 0.264 e. The van der Waals surface area contributed by atoms with Crippen LogP contribution in [-0.2, 0) is 10.0 Å². The number of carbonyl (C=O) groups excluding carboxylic acids is 1. The second-order valence-electron chi connectivity index (χ2n) is 8.33. The van der Waals surface area contributed by atoms with Gasteiger partial charge >= 0.3 is 0 Å². The van der Waals surface area contributed by atoms with Gasteiger partial charge in [-0.1, -0.05) is 30.3 Å². The molecule has 3 aromatic carbocycles. The molecule has 0 spiro atoms. The van der Waals surface area contributed by atoms with Gasteiger partial charge in [-0.2, -0.15) is 0 Å². The van der Waals surface area contributed by atoms with Crippen molar-refractivity contribution in [2.24, 2.45) is 0 Å². The first-order valence-electron chi connectivity index (χ1n) is 11.0. The Hall–Kier alpha value is -3.32. The summed E-state index contributed by atoms with van der Waals surface area (Å²) >= 11 is 0. The van der Waals surface area contributed by atoms with Crippen LogP contribution in [0.25, 0.3) is 0 Å². The van der Waals surface area contributed by atoms with Gasteiger partial charge in [0.1, 0.15) is 0 Å². The maximum atomic E-state index is 13.0. The Kier molecular flexibility index (Phi) is 6.42. The first-order valence-corrected chi connectivity index (χ1v) is 12.5. The summed E-state index contributed by atoms with van der Waals surface area (Å²) in [7, 11) is -2.18. The Morgan fingerprint density at radius 2 is 1.45 bits per heavy atom. The normalized spacial score (nSPS) is 14.3. The predicted molar refractivity (Wildman–Crippen MR) is 133 cm³/mol. The number of anilines is 2. The van der Waals surface area contributed by atoms with E-state index in [9.17, 15) is 13.2 Å². The molecule has 0 N–H and O–H groups in total. The van der Waals surface area contributed by atoms with Crippen molar-refractivity contribution in [1.29, 1.82) is 0 Å². The van der Waals surface area contributed by atoms with Crippen molar-refractivity contribution in [3.05, 3.63) is 89.5 Å². The fourth-order valence-corrected chi connectivity index (χ4v) is 5.31. The molecule has 0 bridgehead atoms. The third-order valence-electron chi connectivity index (χ3n) is 6.36. The van der Waals surface area contributed by atoms with Crippen molar-refractivity contribution in [3.8, 4) is 0 Å². The number of aryl methyl sites for hydroxylation is 1. The summed E-state index contributed by atoms with van der Waals surface area (Å²) in [5, 5.41) is 0. The van der Waals surface area contributed by atoms with Crippen LogP contribution in [0.2, 0.25) is 0 Å². The Balaban J connectivity index is 1.43. The van der Waals surface area contributed by atoms with Crippen molar-refractivity contribution in [2.75, 3.05) is 42.4 Å². The molecular weight excluding hydrogens is 434 g/mol. The molecule has 0 radical (unpaired) electrons. The van der Waals surface area contributed by atoms with Crippen LogP contribution in [0.3, 0.4) is 0 Å². The first-order chi connectivity index (χ1) is 15.8. The van der Waals surface area contributed by atoms with Gasteiger partial charge in [0.25, 0.3) is 15.9 Å². The highest BCUT2D eigenvalue weighted by Gasteiger charge is 2.25. The van der Waals surface area contributed by atoms with Crippen molar-refractivity contribution < 1.29 is 13.2 Å². The number of amides is 1. The average Bonchev–Trinajstić information content (AvgIpc) is 2.85. The summed E-state index contributed by atoms with van der Waals surface area (Å²) in [5.41, 5.74) is 4.84. The molecule has 172 valence electrons. The van der Waals surface area contributed by atoms with Gasteiger partial charge in [0.2, 0.25) is 0 Å². The third-order valence-corrected chi connectivity index (χ3v) is 8.16. The highest BCUT2D eigenvalue weighted by atomic mass is 32.2. The summed E-state index contributed by atoms with van der Waals surface area (Å²) in [6.07, 6.45) is 0. The highest BCUT2D eigenvalue weighted by Crippen LogP contribution is 2.25. The van der Waals surface area contributed by atoms with Gasteiger partial charge in [-0.3, -0.25) is 9.10 Å². The van der Waals surface area contributed by atoms with Crippen LogP contribution >= 0.6 is 0 Å². The molecule has 3 aromatic rings. The number of piperazine rings is 1. The van der Waals surface area contributed by atoms with E-state index in [0.717, 1.165) is 13.1 Å². The van der Waals surface area contributed by atoms with Gasteiger partial charge in [-0.25, -0.2) is 8.42 Å². The van der Waals surface area contributed by atoms with Crippen molar-refractivity contribution >= 4 is 27.3 Å². The van der Waals surface area contributed by atoms with Crippen LogP contribution in [0.15, 0.2) is 77.7 Å². The average molecular weight is 464 g/mol. The Morgan fingerprint density at radius 3 is 2.09 bits per heavy atom. The minimum atomic E-state index is -3.70. The first kappa shape index (κ1) is 22.9. The largest absolute Gasteiger partial charge is 0.368 e. The van der Waals surface area contributed by atoms with E-state index in [1.807, 2.05) is 11.0 Å². The van der Waals surface area contributed by atoms with E-state index < -0.39 is 10.0 Å². The second kappa shape index (κ2) is 9.27. The lowest BCUT2D eigenvalue weighted by Crippen LogP contribution is -2.49. The van der Waals surface area contributed by atoms with E-state index >= 15 is 0 Å². The smallest absolute Gasteiger partial charge is 0.264 e.